The van der Waals surface area contributed by atoms with E-state index in [-0.39, 0.29) is 31.1 Å². The van der Waals surface area contributed by atoms with Crippen LogP contribution in [0.4, 0.5) is 0 Å². The standard InChI is InChI=1S/C11H18N2O4/c1-7(5-14)9(3)12-10(15)6-16-11-4-8(2)17-13-11/h4,7,9,14H,5-6H2,1-3H3,(H,12,15). The lowest BCUT2D eigenvalue weighted by molar-refractivity contribution is -0.124. The average Bonchev–Trinajstić information content (AvgIpc) is 2.71. The molecule has 0 fully saturated rings. The zero-order valence-corrected chi connectivity index (χ0v) is 10.3. The fourth-order valence-electron chi connectivity index (χ4n) is 1.15. The summed E-state index contributed by atoms with van der Waals surface area (Å²) in [4.78, 5) is 11.5. The average molecular weight is 242 g/mol. The van der Waals surface area contributed by atoms with Crippen LogP contribution in [-0.4, -0.2) is 35.4 Å². The van der Waals surface area contributed by atoms with Crippen LogP contribution >= 0.6 is 0 Å². The molecule has 2 N–H and O–H groups in total. The first-order chi connectivity index (χ1) is 8.02. The van der Waals surface area contributed by atoms with Gasteiger partial charge in [0.25, 0.3) is 11.8 Å². The second-order valence-electron chi connectivity index (χ2n) is 4.08. The number of aliphatic hydroxyl groups excluding tert-OH is 1. The van der Waals surface area contributed by atoms with Crippen molar-refractivity contribution in [1.29, 1.82) is 0 Å². The minimum Gasteiger partial charge on any atom is -0.465 e. The van der Waals surface area contributed by atoms with E-state index in [2.05, 4.69) is 10.5 Å². The lowest BCUT2D eigenvalue weighted by Crippen LogP contribution is -2.40. The molecule has 2 atom stereocenters. The smallest absolute Gasteiger partial charge is 0.258 e. The van der Waals surface area contributed by atoms with Crippen molar-refractivity contribution >= 4 is 5.91 Å². The number of aryl methyl sites for hydroxylation is 1. The summed E-state index contributed by atoms with van der Waals surface area (Å²) in [5.41, 5.74) is 0. The molecule has 1 heterocycles. The fraction of sp³-hybridized carbons (Fsp3) is 0.636. The Morgan fingerprint density at radius 1 is 1.65 bits per heavy atom. The Morgan fingerprint density at radius 2 is 2.35 bits per heavy atom. The Kier molecular flexibility index (Phi) is 4.96. The molecular formula is C11H18N2O4. The van der Waals surface area contributed by atoms with Crippen molar-refractivity contribution in [3.63, 3.8) is 0 Å². The van der Waals surface area contributed by atoms with Crippen LogP contribution in [0.15, 0.2) is 10.6 Å². The molecule has 17 heavy (non-hydrogen) atoms. The molecule has 6 nitrogen and oxygen atoms in total. The van der Waals surface area contributed by atoms with E-state index >= 15 is 0 Å². The van der Waals surface area contributed by atoms with Crippen LogP contribution in [0.3, 0.4) is 0 Å². The number of carbonyl (C=O) groups excluding carboxylic acids is 1. The van der Waals surface area contributed by atoms with Crippen LogP contribution in [0.5, 0.6) is 5.88 Å². The van der Waals surface area contributed by atoms with Gasteiger partial charge >= 0.3 is 0 Å². The number of nitrogens with zero attached hydrogens (tertiary/aromatic N) is 1. The molecule has 1 aromatic rings. The van der Waals surface area contributed by atoms with Crippen LogP contribution in [0.2, 0.25) is 0 Å². The van der Waals surface area contributed by atoms with Gasteiger partial charge in [0.15, 0.2) is 6.61 Å². The first-order valence-corrected chi connectivity index (χ1v) is 5.49. The number of nitrogens with one attached hydrogen (secondary N) is 1. The molecule has 0 bridgehead atoms. The molecule has 1 rings (SSSR count). The van der Waals surface area contributed by atoms with Crippen molar-refractivity contribution < 1.29 is 19.2 Å². The third-order valence-electron chi connectivity index (χ3n) is 2.49. The summed E-state index contributed by atoms with van der Waals surface area (Å²) in [7, 11) is 0. The molecule has 0 saturated heterocycles. The maximum Gasteiger partial charge on any atom is 0.258 e. The maximum absolute atomic E-state index is 11.5. The Balaban J connectivity index is 2.30. The van der Waals surface area contributed by atoms with Gasteiger partial charge < -0.3 is 19.7 Å². The van der Waals surface area contributed by atoms with Crippen molar-refractivity contribution in [2.75, 3.05) is 13.2 Å². The summed E-state index contributed by atoms with van der Waals surface area (Å²) in [5.74, 6) is 0.676. The summed E-state index contributed by atoms with van der Waals surface area (Å²) in [6, 6.07) is 1.50. The van der Waals surface area contributed by atoms with Gasteiger partial charge in [0.1, 0.15) is 5.76 Å². The van der Waals surface area contributed by atoms with Crippen LogP contribution in [0, 0.1) is 12.8 Å². The third-order valence-corrected chi connectivity index (χ3v) is 2.49. The highest BCUT2D eigenvalue weighted by Crippen LogP contribution is 2.09. The molecule has 0 spiro atoms. The SMILES string of the molecule is Cc1cc(OCC(=O)NC(C)C(C)CO)no1. The van der Waals surface area contributed by atoms with Crippen molar-refractivity contribution in [3.05, 3.63) is 11.8 Å². The number of hydrogen-bond acceptors (Lipinski definition) is 5. The van der Waals surface area contributed by atoms with Gasteiger partial charge in [0.2, 0.25) is 0 Å². The largest absolute Gasteiger partial charge is 0.465 e. The Labute approximate surface area is 99.9 Å². The summed E-state index contributed by atoms with van der Waals surface area (Å²) in [6.45, 7) is 5.34. The molecule has 2 unspecified atom stereocenters. The van der Waals surface area contributed by atoms with Gasteiger partial charge in [-0.3, -0.25) is 4.79 Å². The second kappa shape index (κ2) is 6.24. The predicted molar refractivity (Wildman–Crippen MR) is 60.6 cm³/mol. The summed E-state index contributed by atoms with van der Waals surface area (Å²) < 4.78 is 9.92. The lowest BCUT2D eigenvalue weighted by atomic mass is 10.1. The zero-order valence-electron chi connectivity index (χ0n) is 10.3. The molecule has 0 saturated carbocycles. The van der Waals surface area contributed by atoms with E-state index in [0.717, 1.165) is 0 Å². The molecule has 0 aliphatic heterocycles. The summed E-state index contributed by atoms with van der Waals surface area (Å²) in [6.07, 6.45) is 0. The van der Waals surface area contributed by atoms with Crippen molar-refractivity contribution in [2.24, 2.45) is 5.92 Å². The Morgan fingerprint density at radius 3 is 2.88 bits per heavy atom. The highest BCUT2D eigenvalue weighted by atomic mass is 16.5. The molecule has 1 aromatic heterocycles. The van der Waals surface area contributed by atoms with Gasteiger partial charge in [-0.2, -0.15) is 0 Å². The molecule has 96 valence electrons. The number of aromatic nitrogens is 1. The number of amides is 1. The van der Waals surface area contributed by atoms with Gasteiger partial charge in [-0.25, -0.2) is 0 Å². The monoisotopic (exact) mass is 242 g/mol. The number of ether oxygens (including phenoxy) is 1. The van der Waals surface area contributed by atoms with E-state index < -0.39 is 0 Å². The number of hydrogen-bond donors (Lipinski definition) is 2. The van der Waals surface area contributed by atoms with Crippen LogP contribution < -0.4 is 10.1 Å². The van der Waals surface area contributed by atoms with E-state index in [9.17, 15) is 4.79 Å². The Bertz CT molecular complexity index is 364. The van der Waals surface area contributed by atoms with Crippen molar-refractivity contribution in [1.82, 2.24) is 10.5 Å². The van der Waals surface area contributed by atoms with Crippen molar-refractivity contribution in [3.8, 4) is 5.88 Å². The molecule has 0 aliphatic rings. The van der Waals surface area contributed by atoms with Crippen LogP contribution in [0.1, 0.15) is 19.6 Å². The first kappa shape index (κ1) is 13.5. The highest BCUT2D eigenvalue weighted by molar-refractivity contribution is 5.77. The second-order valence-corrected chi connectivity index (χ2v) is 4.08. The number of rotatable bonds is 6. The normalized spacial score (nSPS) is 14.1. The van der Waals surface area contributed by atoms with Gasteiger partial charge in [0.05, 0.1) is 0 Å². The lowest BCUT2D eigenvalue weighted by Gasteiger charge is -2.18. The third kappa shape index (κ3) is 4.44. The fourth-order valence-corrected chi connectivity index (χ4v) is 1.15. The number of aliphatic hydroxyl groups is 1. The minimum atomic E-state index is -0.251. The quantitative estimate of drug-likeness (QED) is 0.758. The highest BCUT2D eigenvalue weighted by Gasteiger charge is 2.14. The van der Waals surface area contributed by atoms with E-state index in [1.165, 1.54) is 0 Å². The van der Waals surface area contributed by atoms with E-state index in [4.69, 9.17) is 14.4 Å². The molecular weight excluding hydrogens is 224 g/mol. The van der Waals surface area contributed by atoms with Gasteiger partial charge in [-0.1, -0.05) is 6.92 Å². The minimum absolute atomic E-state index is 0.00763. The zero-order chi connectivity index (χ0) is 12.8. The van der Waals surface area contributed by atoms with E-state index in [1.807, 2.05) is 13.8 Å². The maximum atomic E-state index is 11.5. The van der Waals surface area contributed by atoms with Crippen molar-refractivity contribution in [2.45, 2.75) is 26.8 Å². The van der Waals surface area contributed by atoms with Gasteiger partial charge in [-0.15, -0.1) is 0 Å². The summed E-state index contributed by atoms with van der Waals surface area (Å²) >= 11 is 0. The molecule has 0 aliphatic carbocycles. The topological polar surface area (TPSA) is 84.6 Å². The number of carbonyl (C=O) groups is 1. The Hall–Kier alpha value is -1.56. The predicted octanol–water partition coefficient (Wildman–Crippen LogP) is 0.495. The van der Waals surface area contributed by atoms with E-state index in [1.54, 1.807) is 13.0 Å². The van der Waals surface area contributed by atoms with Gasteiger partial charge in [0, 0.05) is 18.7 Å². The van der Waals surface area contributed by atoms with Gasteiger partial charge in [-0.05, 0) is 24.9 Å². The molecule has 0 radical (unpaired) electrons. The molecule has 0 aromatic carbocycles. The van der Waals surface area contributed by atoms with Crippen LogP contribution in [0.25, 0.3) is 0 Å². The first-order valence-electron chi connectivity index (χ1n) is 5.49. The molecule has 6 heteroatoms. The summed E-state index contributed by atoms with van der Waals surface area (Å²) in [5, 5.41) is 15.3. The van der Waals surface area contributed by atoms with Crippen LogP contribution in [-0.2, 0) is 4.79 Å². The van der Waals surface area contributed by atoms with E-state index in [0.29, 0.717) is 11.6 Å². The molecule has 1 amide bonds.